The van der Waals surface area contributed by atoms with Crippen molar-refractivity contribution >= 4 is 17.1 Å². The molecule has 0 bridgehead atoms. The van der Waals surface area contributed by atoms with E-state index in [9.17, 15) is 14.3 Å². The summed E-state index contributed by atoms with van der Waals surface area (Å²) in [6.45, 7) is 3.14. The van der Waals surface area contributed by atoms with Gasteiger partial charge in [0.2, 0.25) is 5.88 Å². The van der Waals surface area contributed by atoms with Crippen LogP contribution in [0.25, 0.3) is 11.0 Å². The topological polar surface area (TPSA) is 78.8 Å². The van der Waals surface area contributed by atoms with E-state index >= 15 is 0 Å². The van der Waals surface area contributed by atoms with E-state index in [0.717, 1.165) is 18.7 Å². The fraction of sp³-hybridized carbons (Fsp3) is 0.348. The molecular weight excluding hydrogens is 399 g/mol. The molecule has 0 radical (unpaired) electrons. The van der Waals surface area contributed by atoms with Gasteiger partial charge in [0.25, 0.3) is 0 Å². The number of ether oxygens (including phenoxy) is 1. The van der Waals surface area contributed by atoms with Gasteiger partial charge >= 0.3 is 6.09 Å². The van der Waals surface area contributed by atoms with Crippen LogP contribution in [-0.4, -0.2) is 64.3 Å². The second-order valence-electron chi connectivity index (χ2n) is 7.83. The van der Waals surface area contributed by atoms with E-state index in [1.54, 1.807) is 12.1 Å². The zero-order valence-electron chi connectivity index (χ0n) is 17.4. The number of nitrogens with zero attached hydrogens (tertiary/aromatic N) is 4. The monoisotopic (exact) mass is 424 g/mol. The molecule has 0 aliphatic carbocycles. The SMILES string of the molecule is COc1ccc2ncc(F)c(CCN3CC(CN(Cc4ccccc4)C(=O)O)C3)c2n1. The summed E-state index contributed by atoms with van der Waals surface area (Å²) in [7, 11) is 1.53. The first-order valence-electron chi connectivity index (χ1n) is 10.3. The van der Waals surface area contributed by atoms with Crippen LogP contribution in [0.1, 0.15) is 11.1 Å². The van der Waals surface area contributed by atoms with E-state index in [1.165, 1.54) is 18.2 Å². The van der Waals surface area contributed by atoms with Crippen molar-refractivity contribution in [1.29, 1.82) is 0 Å². The Hall–Kier alpha value is -3.26. The van der Waals surface area contributed by atoms with Gasteiger partial charge in [0.1, 0.15) is 5.82 Å². The zero-order chi connectivity index (χ0) is 21.8. The molecule has 162 valence electrons. The lowest BCUT2D eigenvalue weighted by Crippen LogP contribution is -2.52. The second-order valence-corrected chi connectivity index (χ2v) is 7.83. The number of fused-ring (bicyclic) bond motifs is 1. The molecule has 7 nitrogen and oxygen atoms in total. The van der Waals surface area contributed by atoms with Gasteiger partial charge in [-0.2, -0.15) is 0 Å². The maximum absolute atomic E-state index is 14.4. The van der Waals surface area contributed by atoms with Gasteiger partial charge in [0.15, 0.2) is 0 Å². The summed E-state index contributed by atoms with van der Waals surface area (Å²) >= 11 is 0. The second kappa shape index (κ2) is 9.26. The van der Waals surface area contributed by atoms with Crippen LogP contribution >= 0.6 is 0 Å². The Morgan fingerprint density at radius 3 is 2.74 bits per heavy atom. The maximum Gasteiger partial charge on any atom is 0.407 e. The molecule has 0 spiro atoms. The van der Waals surface area contributed by atoms with Crippen LogP contribution in [0.4, 0.5) is 9.18 Å². The van der Waals surface area contributed by atoms with Crippen LogP contribution in [0.5, 0.6) is 5.88 Å². The van der Waals surface area contributed by atoms with Crippen molar-refractivity contribution in [2.45, 2.75) is 13.0 Å². The summed E-state index contributed by atoms with van der Waals surface area (Å²) in [5, 5.41) is 9.54. The average Bonchev–Trinajstić information content (AvgIpc) is 2.75. The van der Waals surface area contributed by atoms with Gasteiger partial charge in [-0.05, 0) is 18.1 Å². The molecule has 2 aromatic heterocycles. The number of carboxylic acid groups (broad SMARTS) is 1. The van der Waals surface area contributed by atoms with Crippen LogP contribution in [0.15, 0.2) is 48.7 Å². The molecule has 1 saturated heterocycles. The fourth-order valence-electron chi connectivity index (χ4n) is 4.00. The number of hydrogen-bond donors (Lipinski definition) is 1. The lowest BCUT2D eigenvalue weighted by molar-refractivity contribution is 0.0634. The Kier molecular flexibility index (Phi) is 6.27. The number of methoxy groups -OCH3 is 1. The lowest BCUT2D eigenvalue weighted by Gasteiger charge is -2.41. The van der Waals surface area contributed by atoms with Crippen molar-refractivity contribution < 1.29 is 19.0 Å². The number of rotatable bonds is 8. The minimum Gasteiger partial charge on any atom is -0.481 e. The smallest absolute Gasteiger partial charge is 0.407 e. The molecule has 1 aliphatic rings. The first-order valence-corrected chi connectivity index (χ1v) is 10.3. The third kappa shape index (κ3) is 4.91. The van der Waals surface area contributed by atoms with E-state index in [1.807, 2.05) is 30.3 Å². The molecule has 0 atom stereocenters. The summed E-state index contributed by atoms with van der Waals surface area (Å²) in [6.07, 6.45) is 0.830. The van der Waals surface area contributed by atoms with Crippen LogP contribution in [-0.2, 0) is 13.0 Å². The normalized spacial score (nSPS) is 14.4. The summed E-state index contributed by atoms with van der Waals surface area (Å²) < 4.78 is 19.6. The number of hydrogen-bond acceptors (Lipinski definition) is 5. The fourth-order valence-corrected chi connectivity index (χ4v) is 4.00. The predicted octanol–water partition coefficient (Wildman–Crippen LogP) is 3.43. The highest BCUT2D eigenvalue weighted by Crippen LogP contribution is 2.24. The Labute approximate surface area is 180 Å². The van der Waals surface area contributed by atoms with Gasteiger partial charge in [0.05, 0.1) is 24.3 Å². The van der Waals surface area contributed by atoms with Crippen molar-refractivity contribution in [3.8, 4) is 5.88 Å². The molecule has 0 unspecified atom stereocenters. The van der Waals surface area contributed by atoms with E-state index in [0.29, 0.717) is 48.5 Å². The van der Waals surface area contributed by atoms with E-state index in [-0.39, 0.29) is 11.7 Å². The molecule has 8 heteroatoms. The molecule has 1 amide bonds. The van der Waals surface area contributed by atoms with Gasteiger partial charge in [-0.3, -0.25) is 4.98 Å². The minimum atomic E-state index is -0.910. The number of halogens is 1. The third-order valence-electron chi connectivity index (χ3n) is 5.62. The van der Waals surface area contributed by atoms with Crippen LogP contribution in [0, 0.1) is 11.7 Å². The Morgan fingerprint density at radius 2 is 2.03 bits per heavy atom. The van der Waals surface area contributed by atoms with Crippen LogP contribution in [0.3, 0.4) is 0 Å². The van der Waals surface area contributed by atoms with Gasteiger partial charge < -0.3 is 19.6 Å². The number of pyridine rings is 2. The van der Waals surface area contributed by atoms with Crippen molar-refractivity contribution in [2.75, 3.05) is 33.3 Å². The van der Waals surface area contributed by atoms with Crippen LogP contribution in [0.2, 0.25) is 0 Å². The summed E-state index contributed by atoms with van der Waals surface area (Å²) in [6, 6.07) is 13.1. The van der Waals surface area contributed by atoms with Gasteiger partial charge in [-0.25, -0.2) is 14.2 Å². The van der Waals surface area contributed by atoms with Gasteiger partial charge in [0, 0.05) is 50.3 Å². The quantitative estimate of drug-likeness (QED) is 0.597. The highest BCUT2D eigenvalue weighted by atomic mass is 19.1. The molecule has 1 fully saturated rings. The molecule has 3 heterocycles. The molecule has 3 aromatic rings. The number of likely N-dealkylation sites (tertiary alicyclic amines) is 1. The molecular formula is C23H25FN4O3. The van der Waals surface area contributed by atoms with E-state index in [4.69, 9.17) is 4.74 Å². The minimum absolute atomic E-state index is 0.275. The molecule has 4 rings (SSSR count). The molecule has 0 saturated carbocycles. The Balaban J connectivity index is 1.33. The van der Waals surface area contributed by atoms with Crippen LogP contribution < -0.4 is 4.74 Å². The van der Waals surface area contributed by atoms with Gasteiger partial charge in [-0.15, -0.1) is 0 Å². The zero-order valence-corrected chi connectivity index (χ0v) is 17.4. The highest BCUT2D eigenvalue weighted by molar-refractivity contribution is 5.78. The summed E-state index contributed by atoms with van der Waals surface area (Å²) in [4.78, 5) is 23.8. The molecule has 1 aliphatic heterocycles. The average molecular weight is 424 g/mol. The first kappa shape index (κ1) is 21.0. The molecule has 1 N–H and O–H groups in total. The van der Waals surface area contributed by atoms with Crippen molar-refractivity contribution in [3.05, 3.63) is 65.6 Å². The highest BCUT2D eigenvalue weighted by Gasteiger charge is 2.30. The summed E-state index contributed by atoms with van der Waals surface area (Å²) in [5.74, 6) is 0.333. The van der Waals surface area contributed by atoms with Crippen molar-refractivity contribution in [2.24, 2.45) is 5.92 Å². The predicted molar refractivity (Wildman–Crippen MR) is 115 cm³/mol. The number of amides is 1. The van der Waals surface area contributed by atoms with Gasteiger partial charge in [-0.1, -0.05) is 30.3 Å². The summed E-state index contributed by atoms with van der Waals surface area (Å²) in [5.41, 5.74) is 2.67. The molecule has 1 aromatic carbocycles. The first-order chi connectivity index (χ1) is 15.0. The number of carbonyl (C=O) groups is 1. The third-order valence-corrected chi connectivity index (χ3v) is 5.62. The van der Waals surface area contributed by atoms with Crippen molar-refractivity contribution in [3.63, 3.8) is 0 Å². The van der Waals surface area contributed by atoms with E-state index in [2.05, 4.69) is 14.9 Å². The largest absolute Gasteiger partial charge is 0.481 e. The maximum atomic E-state index is 14.4. The lowest BCUT2D eigenvalue weighted by atomic mass is 9.98. The molecule has 31 heavy (non-hydrogen) atoms. The standard InChI is InChI=1S/C23H25FN4O3/c1-31-21-8-7-20-22(26-21)18(19(24)11-25-20)9-10-27-12-17(13-27)15-28(23(29)30)14-16-5-3-2-4-6-16/h2-8,11,17H,9-10,12-15H2,1H3,(H,29,30). The Morgan fingerprint density at radius 1 is 1.26 bits per heavy atom. The Bertz CT molecular complexity index is 1060. The van der Waals surface area contributed by atoms with Crippen molar-refractivity contribution in [1.82, 2.24) is 19.8 Å². The number of benzene rings is 1. The number of aromatic nitrogens is 2. The van der Waals surface area contributed by atoms with E-state index < -0.39 is 6.09 Å².